The fourth-order valence-electron chi connectivity index (χ4n) is 1.87. The highest BCUT2D eigenvalue weighted by atomic mass is 35.5. The van der Waals surface area contributed by atoms with Crippen molar-refractivity contribution in [2.24, 2.45) is 0 Å². The minimum absolute atomic E-state index is 0.0250. The molecule has 0 saturated carbocycles. The van der Waals surface area contributed by atoms with Gasteiger partial charge in [0, 0.05) is 5.02 Å². The van der Waals surface area contributed by atoms with Crippen LogP contribution in [0.2, 0.25) is 5.02 Å². The van der Waals surface area contributed by atoms with E-state index >= 15 is 0 Å². The van der Waals surface area contributed by atoms with Crippen LogP contribution in [0.15, 0.2) is 48.5 Å². The first-order valence-corrected chi connectivity index (χ1v) is 5.76. The highest BCUT2D eigenvalue weighted by Crippen LogP contribution is 2.23. The summed E-state index contributed by atoms with van der Waals surface area (Å²) in [7, 11) is 1.85. The van der Waals surface area contributed by atoms with Crippen LogP contribution in [0.3, 0.4) is 0 Å². The van der Waals surface area contributed by atoms with Crippen molar-refractivity contribution in [3.05, 3.63) is 70.5 Å². The molecule has 1 nitrogen and oxygen atoms in total. The number of rotatable bonds is 3. The molecular weight excluding hydrogens is 237 g/mol. The van der Waals surface area contributed by atoms with E-state index in [-0.39, 0.29) is 11.9 Å². The molecule has 2 aromatic rings. The third-order valence-electron chi connectivity index (χ3n) is 2.67. The molecular formula is C14H13ClFN. The smallest absolute Gasteiger partial charge is 0.123 e. The molecule has 1 unspecified atom stereocenters. The molecule has 17 heavy (non-hydrogen) atoms. The second-order valence-corrected chi connectivity index (χ2v) is 4.26. The summed E-state index contributed by atoms with van der Waals surface area (Å²) in [6.07, 6.45) is 0. The van der Waals surface area contributed by atoms with Gasteiger partial charge in [0.1, 0.15) is 5.82 Å². The van der Waals surface area contributed by atoms with Gasteiger partial charge < -0.3 is 5.32 Å². The zero-order chi connectivity index (χ0) is 12.3. The van der Waals surface area contributed by atoms with Gasteiger partial charge in [-0.05, 0) is 42.4 Å². The third kappa shape index (κ3) is 2.84. The van der Waals surface area contributed by atoms with Gasteiger partial charge in [-0.3, -0.25) is 0 Å². The van der Waals surface area contributed by atoms with Crippen LogP contribution in [0.25, 0.3) is 0 Å². The Kier molecular flexibility index (Phi) is 3.77. The lowest BCUT2D eigenvalue weighted by Gasteiger charge is -2.17. The van der Waals surface area contributed by atoms with E-state index in [1.54, 1.807) is 6.07 Å². The lowest BCUT2D eigenvalue weighted by Crippen LogP contribution is -2.17. The zero-order valence-electron chi connectivity index (χ0n) is 9.45. The van der Waals surface area contributed by atoms with Gasteiger partial charge in [-0.2, -0.15) is 0 Å². The van der Waals surface area contributed by atoms with E-state index in [4.69, 9.17) is 11.6 Å². The SMILES string of the molecule is CNC(c1ccc(Cl)cc1)c1cccc(F)c1. The van der Waals surface area contributed by atoms with Gasteiger partial charge in [-0.1, -0.05) is 35.9 Å². The van der Waals surface area contributed by atoms with Crippen molar-refractivity contribution in [1.82, 2.24) is 5.32 Å². The predicted molar refractivity (Wildman–Crippen MR) is 68.8 cm³/mol. The zero-order valence-corrected chi connectivity index (χ0v) is 10.2. The van der Waals surface area contributed by atoms with Gasteiger partial charge in [-0.25, -0.2) is 4.39 Å². The maximum Gasteiger partial charge on any atom is 0.123 e. The summed E-state index contributed by atoms with van der Waals surface area (Å²) in [5, 5.41) is 3.87. The molecule has 0 spiro atoms. The molecule has 3 heteroatoms. The van der Waals surface area contributed by atoms with Gasteiger partial charge in [0.2, 0.25) is 0 Å². The Morgan fingerprint density at radius 1 is 1.06 bits per heavy atom. The summed E-state index contributed by atoms with van der Waals surface area (Å²) in [6, 6.07) is 14.1. The lowest BCUT2D eigenvalue weighted by molar-refractivity contribution is 0.617. The third-order valence-corrected chi connectivity index (χ3v) is 2.93. The standard InChI is InChI=1S/C14H13ClFN/c1-17-14(10-5-7-12(15)8-6-10)11-3-2-4-13(16)9-11/h2-9,14,17H,1H3. The van der Waals surface area contributed by atoms with Crippen LogP contribution < -0.4 is 5.32 Å². The maximum absolute atomic E-state index is 13.2. The molecule has 2 aromatic carbocycles. The fourth-order valence-corrected chi connectivity index (χ4v) is 1.99. The average Bonchev–Trinajstić information content (AvgIpc) is 2.33. The number of hydrogen-bond donors (Lipinski definition) is 1. The first kappa shape index (κ1) is 12.1. The second-order valence-electron chi connectivity index (χ2n) is 3.83. The quantitative estimate of drug-likeness (QED) is 0.873. The van der Waals surface area contributed by atoms with Gasteiger partial charge in [0.25, 0.3) is 0 Å². The van der Waals surface area contributed by atoms with Crippen LogP contribution in [0.4, 0.5) is 4.39 Å². The first-order chi connectivity index (χ1) is 8.20. The normalized spacial score (nSPS) is 12.4. The van der Waals surface area contributed by atoms with Crippen molar-refractivity contribution in [2.45, 2.75) is 6.04 Å². The Hall–Kier alpha value is -1.38. The molecule has 0 heterocycles. The van der Waals surface area contributed by atoms with Crippen molar-refractivity contribution in [3.8, 4) is 0 Å². The van der Waals surface area contributed by atoms with E-state index in [1.165, 1.54) is 12.1 Å². The molecule has 0 fully saturated rings. The number of hydrogen-bond acceptors (Lipinski definition) is 1. The summed E-state index contributed by atoms with van der Waals surface area (Å²) < 4.78 is 13.2. The van der Waals surface area contributed by atoms with E-state index in [2.05, 4.69) is 5.32 Å². The molecule has 0 aliphatic rings. The number of benzene rings is 2. The highest BCUT2D eigenvalue weighted by molar-refractivity contribution is 6.30. The second kappa shape index (κ2) is 5.30. The molecule has 1 N–H and O–H groups in total. The van der Waals surface area contributed by atoms with E-state index in [0.29, 0.717) is 5.02 Å². The molecule has 0 aromatic heterocycles. The van der Waals surface area contributed by atoms with Gasteiger partial charge in [-0.15, -0.1) is 0 Å². The molecule has 0 saturated heterocycles. The van der Waals surface area contributed by atoms with Gasteiger partial charge in [0.15, 0.2) is 0 Å². The molecule has 1 atom stereocenters. The fraction of sp³-hybridized carbons (Fsp3) is 0.143. The molecule has 0 amide bonds. The first-order valence-electron chi connectivity index (χ1n) is 5.39. The summed E-state index contributed by atoms with van der Waals surface area (Å²) in [6.45, 7) is 0. The Balaban J connectivity index is 2.36. The lowest BCUT2D eigenvalue weighted by atomic mass is 9.99. The van der Waals surface area contributed by atoms with Crippen molar-refractivity contribution >= 4 is 11.6 Å². The summed E-state index contributed by atoms with van der Waals surface area (Å²) in [5.74, 6) is -0.225. The van der Waals surface area contributed by atoms with Gasteiger partial charge in [0.05, 0.1) is 6.04 Å². The predicted octanol–water partition coefficient (Wildman–Crippen LogP) is 3.79. The Morgan fingerprint density at radius 2 is 1.76 bits per heavy atom. The maximum atomic E-state index is 13.2. The van der Waals surface area contributed by atoms with Crippen LogP contribution in [0.1, 0.15) is 17.2 Å². The highest BCUT2D eigenvalue weighted by Gasteiger charge is 2.11. The van der Waals surface area contributed by atoms with Crippen LogP contribution in [-0.4, -0.2) is 7.05 Å². The van der Waals surface area contributed by atoms with E-state index in [1.807, 2.05) is 37.4 Å². The van der Waals surface area contributed by atoms with Crippen LogP contribution in [0, 0.1) is 5.82 Å². The summed E-state index contributed by atoms with van der Waals surface area (Å²) in [4.78, 5) is 0. The molecule has 0 aliphatic carbocycles. The summed E-state index contributed by atoms with van der Waals surface area (Å²) >= 11 is 5.85. The topological polar surface area (TPSA) is 12.0 Å². The molecule has 88 valence electrons. The number of halogens is 2. The van der Waals surface area contributed by atoms with Crippen LogP contribution in [0.5, 0.6) is 0 Å². The molecule has 0 aliphatic heterocycles. The van der Waals surface area contributed by atoms with E-state index in [0.717, 1.165) is 11.1 Å². The Labute approximate surface area is 105 Å². The van der Waals surface area contributed by atoms with E-state index < -0.39 is 0 Å². The Bertz CT molecular complexity index is 496. The largest absolute Gasteiger partial charge is 0.309 e. The van der Waals surface area contributed by atoms with Crippen molar-refractivity contribution in [3.63, 3.8) is 0 Å². The number of nitrogens with one attached hydrogen (secondary N) is 1. The minimum atomic E-state index is -0.225. The van der Waals surface area contributed by atoms with Crippen molar-refractivity contribution in [1.29, 1.82) is 0 Å². The molecule has 2 rings (SSSR count). The monoisotopic (exact) mass is 249 g/mol. The van der Waals surface area contributed by atoms with Crippen LogP contribution in [-0.2, 0) is 0 Å². The Morgan fingerprint density at radius 3 is 2.35 bits per heavy atom. The molecule has 0 radical (unpaired) electrons. The van der Waals surface area contributed by atoms with E-state index in [9.17, 15) is 4.39 Å². The van der Waals surface area contributed by atoms with Gasteiger partial charge >= 0.3 is 0 Å². The van der Waals surface area contributed by atoms with Crippen molar-refractivity contribution in [2.75, 3.05) is 7.05 Å². The molecule has 0 bridgehead atoms. The average molecular weight is 250 g/mol. The van der Waals surface area contributed by atoms with Crippen LogP contribution >= 0.6 is 11.6 Å². The van der Waals surface area contributed by atoms with Crippen molar-refractivity contribution < 1.29 is 4.39 Å². The summed E-state index contributed by atoms with van der Waals surface area (Å²) in [5.41, 5.74) is 1.96. The minimum Gasteiger partial charge on any atom is -0.309 e.